The topological polar surface area (TPSA) is 78.1 Å². The molecule has 7 heteroatoms. The van der Waals surface area contributed by atoms with Gasteiger partial charge in [0, 0.05) is 5.56 Å². The molecule has 0 saturated carbocycles. The van der Waals surface area contributed by atoms with Gasteiger partial charge in [-0.3, -0.25) is 0 Å². The SMILES string of the molecule is NCc1ccc(-c2nc(-c3ccc(F)c(F)c3)no2)o1. The first-order valence-corrected chi connectivity index (χ1v) is 5.75. The standard InChI is InChI=1S/C13H9F2N3O2/c14-9-3-1-7(5-10(9)15)12-17-13(20-18-12)11-4-2-8(6-16)19-11/h1-5H,6,16H2. The maximum absolute atomic E-state index is 13.2. The molecule has 0 radical (unpaired) electrons. The number of benzene rings is 1. The molecule has 3 aromatic rings. The van der Waals surface area contributed by atoms with Crippen molar-refractivity contribution < 1.29 is 17.7 Å². The quantitative estimate of drug-likeness (QED) is 0.796. The van der Waals surface area contributed by atoms with Gasteiger partial charge >= 0.3 is 0 Å². The molecule has 0 bridgehead atoms. The minimum atomic E-state index is -0.975. The predicted molar refractivity (Wildman–Crippen MR) is 65.2 cm³/mol. The van der Waals surface area contributed by atoms with Crippen molar-refractivity contribution in [3.05, 3.63) is 47.7 Å². The Morgan fingerprint density at radius 2 is 1.95 bits per heavy atom. The van der Waals surface area contributed by atoms with Crippen molar-refractivity contribution in [3.63, 3.8) is 0 Å². The molecule has 0 unspecified atom stereocenters. The Hall–Kier alpha value is -2.54. The smallest absolute Gasteiger partial charge is 0.293 e. The summed E-state index contributed by atoms with van der Waals surface area (Å²) in [5.74, 6) is -0.679. The predicted octanol–water partition coefficient (Wildman–Crippen LogP) is 2.73. The van der Waals surface area contributed by atoms with Gasteiger partial charge in [0.05, 0.1) is 6.54 Å². The van der Waals surface area contributed by atoms with Gasteiger partial charge in [-0.2, -0.15) is 4.98 Å². The lowest BCUT2D eigenvalue weighted by molar-refractivity contribution is 0.412. The number of rotatable bonds is 3. The molecule has 3 rings (SSSR count). The maximum atomic E-state index is 13.2. The van der Waals surface area contributed by atoms with E-state index in [0.29, 0.717) is 17.1 Å². The van der Waals surface area contributed by atoms with Crippen LogP contribution in [0.3, 0.4) is 0 Å². The molecule has 2 heterocycles. The fourth-order valence-electron chi connectivity index (χ4n) is 1.68. The van der Waals surface area contributed by atoms with Crippen LogP contribution < -0.4 is 5.73 Å². The normalized spacial score (nSPS) is 10.9. The van der Waals surface area contributed by atoms with Crippen molar-refractivity contribution >= 4 is 0 Å². The van der Waals surface area contributed by atoms with E-state index in [4.69, 9.17) is 14.7 Å². The highest BCUT2D eigenvalue weighted by Gasteiger charge is 2.15. The van der Waals surface area contributed by atoms with Crippen LogP contribution in [0.2, 0.25) is 0 Å². The van der Waals surface area contributed by atoms with Crippen LogP contribution in [0.4, 0.5) is 8.78 Å². The van der Waals surface area contributed by atoms with E-state index in [0.717, 1.165) is 12.1 Å². The molecule has 0 spiro atoms. The van der Waals surface area contributed by atoms with Gasteiger partial charge in [-0.15, -0.1) is 0 Å². The van der Waals surface area contributed by atoms with E-state index in [2.05, 4.69) is 10.1 Å². The maximum Gasteiger partial charge on any atom is 0.293 e. The molecule has 102 valence electrons. The molecular weight excluding hydrogens is 268 g/mol. The van der Waals surface area contributed by atoms with Crippen molar-refractivity contribution in [1.82, 2.24) is 10.1 Å². The molecule has 0 atom stereocenters. The molecule has 0 fully saturated rings. The summed E-state index contributed by atoms with van der Waals surface area (Å²) in [6, 6.07) is 6.69. The number of nitrogens with zero attached hydrogens (tertiary/aromatic N) is 2. The molecule has 0 aliphatic rings. The van der Waals surface area contributed by atoms with Gasteiger partial charge < -0.3 is 14.7 Å². The zero-order valence-corrected chi connectivity index (χ0v) is 10.1. The van der Waals surface area contributed by atoms with E-state index in [-0.39, 0.29) is 18.3 Å². The van der Waals surface area contributed by atoms with Gasteiger partial charge in [0.15, 0.2) is 17.4 Å². The van der Waals surface area contributed by atoms with Crippen LogP contribution in [-0.4, -0.2) is 10.1 Å². The van der Waals surface area contributed by atoms with Crippen molar-refractivity contribution in [2.75, 3.05) is 0 Å². The highest BCUT2D eigenvalue weighted by Crippen LogP contribution is 2.24. The average molecular weight is 277 g/mol. The second-order valence-electron chi connectivity index (χ2n) is 4.02. The lowest BCUT2D eigenvalue weighted by atomic mass is 10.2. The molecule has 1 aromatic carbocycles. The van der Waals surface area contributed by atoms with Gasteiger partial charge in [0.2, 0.25) is 5.82 Å². The third-order valence-corrected chi connectivity index (χ3v) is 2.68. The zero-order chi connectivity index (χ0) is 14.1. The Kier molecular flexibility index (Phi) is 3.03. The molecule has 5 nitrogen and oxygen atoms in total. The van der Waals surface area contributed by atoms with Crippen molar-refractivity contribution in [3.8, 4) is 23.0 Å². The number of hydrogen-bond donors (Lipinski definition) is 1. The Balaban J connectivity index is 1.95. The molecule has 0 aliphatic heterocycles. The van der Waals surface area contributed by atoms with E-state index in [1.165, 1.54) is 6.07 Å². The Bertz CT molecular complexity index is 752. The summed E-state index contributed by atoms with van der Waals surface area (Å²) < 4.78 is 36.4. The summed E-state index contributed by atoms with van der Waals surface area (Å²) in [5.41, 5.74) is 5.74. The third-order valence-electron chi connectivity index (χ3n) is 2.68. The van der Waals surface area contributed by atoms with E-state index < -0.39 is 11.6 Å². The monoisotopic (exact) mass is 277 g/mol. The first kappa shape index (κ1) is 12.5. The van der Waals surface area contributed by atoms with Gasteiger partial charge in [0.25, 0.3) is 5.89 Å². The molecule has 0 saturated heterocycles. The van der Waals surface area contributed by atoms with Crippen LogP contribution in [0.5, 0.6) is 0 Å². The van der Waals surface area contributed by atoms with Crippen LogP contribution in [0, 0.1) is 11.6 Å². The van der Waals surface area contributed by atoms with Crippen molar-refractivity contribution in [2.24, 2.45) is 5.73 Å². The van der Waals surface area contributed by atoms with Gasteiger partial charge in [0.1, 0.15) is 5.76 Å². The fourth-order valence-corrected chi connectivity index (χ4v) is 1.68. The number of halogens is 2. The van der Waals surface area contributed by atoms with Crippen LogP contribution in [0.1, 0.15) is 5.76 Å². The van der Waals surface area contributed by atoms with E-state index in [9.17, 15) is 8.78 Å². The summed E-state index contributed by atoms with van der Waals surface area (Å²) in [6.45, 7) is 0.254. The van der Waals surface area contributed by atoms with Crippen LogP contribution >= 0.6 is 0 Å². The van der Waals surface area contributed by atoms with Crippen molar-refractivity contribution in [2.45, 2.75) is 6.54 Å². The highest BCUT2D eigenvalue weighted by molar-refractivity contribution is 5.57. The second-order valence-corrected chi connectivity index (χ2v) is 4.02. The summed E-state index contributed by atoms with van der Waals surface area (Å²) in [6.07, 6.45) is 0. The first-order valence-electron chi connectivity index (χ1n) is 5.75. The minimum Gasteiger partial charge on any atom is -0.455 e. The van der Waals surface area contributed by atoms with Gasteiger partial charge in [-0.1, -0.05) is 5.16 Å². The van der Waals surface area contributed by atoms with Crippen LogP contribution in [-0.2, 0) is 6.54 Å². The van der Waals surface area contributed by atoms with Crippen LogP contribution in [0.15, 0.2) is 39.3 Å². The molecule has 2 aromatic heterocycles. The van der Waals surface area contributed by atoms with E-state index in [1.54, 1.807) is 12.1 Å². The minimum absolute atomic E-state index is 0.143. The number of aromatic nitrogens is 2. The summed E-state index contributed by atoms with van der Waals surface area (Å²) >= 11 is 0. The van der Waals surface area contributed by atoms with Gasteiger partial charge in [-0.25, -0.2) is 8.78 Å². The molecule has 2 N–H and O–H groups in total. The zero-order valence-electron chi connectivity index (χ0n) is 10.1. The molecule has 0 aliphatic carbocycles. The second kappa shape index (κ2) is 4.86. The third kappa shape index (κ3) is 2.19. The first-order chi connectivity index (χ1) is 9.67. The summed E-state index contributed by atoms with van der Waals surface area (Å²) in [7, 11) is 0. The van der Waals surface area contributed by atoms with Gasteiger partial charge in [-0.05, 0) is 30.3 Å². The highest BCUT2D eigenvalue weighted by atomic mass is 19.2. The van der Waals surface area contributed by atoms with E-state index in [1.807, 2.05) is 0 Å². The molecular formula is C13H9F2N3O2. The molecule has 0 amide bonds. The van der Waals surface area contributed by atoms with E-state index >= 15 is 0 Å². The lowest BCUT2D eigenvalue weighted by Gasteiger charge is -1.95. The number of hydrogen-bond acceptors (Lipinski definition) is 5. The number of furan rings is 1. The largest absolute Gasteiger partial charge is 0.455 e. The Morgan fingerprint density at radius 1 is 1.10 bits per heavy atom. The van der Waals surface area contributed by atoms with Crippen molar-refractivity contribution in [1.29, 1.82) is 0 Å². The number of nitrogens with two attached hydrogens (primary N) is 1. The Labute approximate surface area is 112 Å². The lowest BCUT2D eigenvalue weighted by Crippen LogP contribution is -1.92. The molecule has 20 heavy (non-hydrogen) atoms. The summed E-state index contributed by atoms with van der Waals surface area (Å²) in [4.78, 5) is 4.07. The average Bonchev–Trinajstić information content (AvgIpc) is 3.09. The summed E-state index contributed by atoms with van der Waals surface area (Å²) in [5, 5.41) is 3.70. The Morgan fingerprint density at radius 3 is 2.65 bits per heavy atom. The van der Waals surface area contributed by atoms with Crippen LogP contribution in [0.25, 0.3) is 23.0 Å². The fraction of sp³-hybridized carbons (Fsp3) is 0.0769.